The van der Waals surface area contributed by atoms with Gasteiger partial charge in [-0.15, -0.1) is 0 Å². The number of hydrogen-bond acceptors (Lipinski definition) is 8. The fourth-order valence-corrected chi connectivity index (χ4v) is 6.43. The first-order valence-corrected chi connectivity index (χ1v) is 13.4. The maximum atomic E-state index is 13.7. The van der Waals surface area contributed by atoms with Gasteiger partial charge < -0.3 is 16.0 Å². The number of carbonyl (C=O) groups is 2. The van der Waals surface area contributed by atoms with E-state index in [0.717, 1.165) is 4.90 Å². The predicted octanol–water partition coefficient (Wildman–Crippen LogP) is 1.98. The number of nitrogens with zero attached hydrogens (tertiary/aromatic N) is 4. The van der Waals surface area contributed by atoms with Gasteiger partial charge in [0, 0.05) is 24.5 Å². The van der Waals surface area contributed by atoms with Crippen LogP contribution >= 0.6 is 0 Å². The average Bonchev–Trinajstić information content (AvgIpc) is 3.80. The fourth-order valence-electron chi connectivity index (χ4n) is 4.74. The van der Waals surface area contributed by atoms with Crippen molar-refractivity contribution in [3.63, 3.8) is 0 Å². The Morgan fingerprint density at radius 3 is 2.18 bits per heavy atom. The molecule has 1 aromatic carbocycles. The molecule has 1 aliphatic heterocycles. The largest absolute Gasteiger partial charge is 0.403 e. The highest BCUT2D eigenvalue weighted by molar-refractivity contribution is 7.92. The van der Waals surface area contributed by atoms with E-state index in [2.05, 4.69) is 15.3 Å². The lowest BCUT2D eigenvalue weighted by atomic mass is 10.0. The molecule has 0 bridgehead atoms. The third kappa shape index (κ3) is 4.34. The second-order valence-electron chi connectivity index (χ2n) is 9.99. The molecule has 3 fully saturated rings. The second-order valence-corrected chi connectivity index (χ2v) is 12.2. The lowest BCUT2D eigenvalue weighted by Crippen LogP contribution is -2.53. The molecule has 1 saturated heterocycles. The molecule has 14 heteroatoms. The van der Waals surface area contributed by atoms with Gasteiger partial charge in [0.15, 0.2) is 9.84 Å². The number of nitrogens with two attached hydrogens (primary N) is 1. The van der Waals surface area contributed by atoms with Crippen LogP contribution < -0.4 is 11.1 Å². The van der Waals surface area contributed by atoms with Crippen molar-refractivity contribution in [2.75, 3.05) is 12.3 Å². The maximum Gasteiger partial charge on any atom is 0.403 e. The zero-order valence-corrected chi connectivity index (χ0v) is 20.7. The predicted molar refractivity (Wildman–Crippen MR) is 126 cm³/mol. The smallest absolute Gasteiger partial charge is 0.368 e. The van der Waals surface area contributed by atoms with E-state index in [4.69, 9.17) is 5.73 Å². The van der Waals surface area contributed by atoms with Crippen LogP contribution in [-0.4, -0.2) is 64.7 Å². The molecule has 0 unspecified atom stereocenters. The topological polar surface area (TPSA) is 159 Å². The first-order chi connectivity index (χ1) is 17.8. The first kappa shape index (κ1) is 25.9. The summed E-state index contributed by atoms with van der Waals surface area (Å²) in [6.45, 7) is -0.565. The van der Waals surface area contributed by atoms with E-state index in [-0.39, 0.29) is 17.3 Å². The summed E-state index contributed by atoms with van der Waals surface area (Å²) in [7, 11) is -4.14. The Morgan fingerprint density at radius 1 is 1.08 bits per heavy atom. The van der Waals surface area contributed by atoms with Crippen molar-refractivity contribution in [3.05, 3.63) is 36.7 Å². The fraction of sp³-hybridized carbons (Fsp3) is 0.458. The van der Waals surface area contributed by atoms with Crippen LogP contribution in [0.2, 0.25) is 0 Å². The van der Waals surface area contributed by atoms with Crippen LogP contribution in [0.5, 0.6) is 0 Å². The number of carbonyl (C=O) groups excluding carboxylic acids is 2. The molecule has 2 atom stereocenters. The molecule has 2 heterocycles. The Labute approximate surface area is 216 Å². The number of alkyl halides is 3. The summed E-state index contributed by atoms with van der Waals surface area (Å²) in [5, 5.41) is 10.5. The number of sulfone groups is 1. The summed E-state index contributed by atoms with van der Waals surface area (Å²) in [6.07, 6.45) is -2.37. The van der Waals surface area contributed by atoms with Gasteiger partial charge in [-0.3, -0.25) is 9.59 Å². The van der Waals surface area contributed by atoms with Gasteiger partial charge in [-0.25, -0.2) is 18.4 Å². The van der Waals surface area contributed by atoms with Crippen LogP contribution in [0.1, 0.15) is 32.1 Å². The lowest BCUT2D eigenvalue weighted by molar-refractivity contribution is -0.199. The van der Waals surface area contributed by atoms with E-state index >= 15 is 0 Å². The van der Waals surface area contributed by atoms with Gasteiger partial charge in [-0.1, -0.05) is 12.1 Å². The van der Waals surface area contributed by atoms with Crippen molar-refractivity contribution in [2.24, 2.45) is 5.41 Å². The molecule has 5 rings (SSSR count). The van der Waals surface area contributed by atoms with E-state index < -0.39 is 69.5 Å². The molecule has 38 heavy (non-hydrogen) atoms. The van der Waals surface area contributed by atoms with Crippen molar-refractivity contribution in [2.45, 2.75) is 60.0 Å². The Balaban J connectivity index is 1.42. The number of nitrogens with one attached hydrogen (secondary N) is 1. The normalized spacial score (nSPS) is 23.4. The number of likely N-dealkylation sites (tertiary alicyclic amines) is 1. The average molecular weight is 549 g/mol. The van der Waals surface area contributed by atoms with Crippen LogP contribution in [0, 0.1) is 16.7 Å². The summed E-state index contributed by atoms with van der Waals surface area (Å²) in [6, 6.07) is 6.24. The monoisotopic (exact) mass is 548 g/mol. The summed E-state index contributed by atoms with van der Waals surface area (Å²) in [5.41, 5.74) is 2.94. The first-order valence-electron chi connectivity index (χ1n) is 11.8. The van der Waals surface area contributed by atoms with Gasteiger partial charge in [0.05, 0.1) is 16.2 Å². The summed E-state index contributed by atoms with van der Waals surface area (Å²) >= 11 is 0. The minimum Gasteiger partial charge on any atom is -0.368 e. The minimum atomic E-state index is -4.83. The van der Waals surface area contributed by atoms with Gasteiger partial charge >= 0.3 is 6.18 Å². The molecule has 0 radical (unpaired) electrons. The molecular weight excluding hydrogens is 525 g/mol. The SMILES string of the molecule is N#CC1(NC(=O)[C@@H]2C[C@@H](S(=O)(=O)c3ccc(-c4cnc(N)nc4)cc3)CN2C(=O)C2(C(F)(F)F)CC2)CC1. The molecule has 2 amide bonds. The summed E-state index contributed by atoms with van der Waals surface area (Å²) in [4.78, 5) is 34.6. The van der Waals surface area contributed by atoms with Crippen molar-refractivity contribution in [1.29, 1.82) is 5.26 Å². The molecule has 1 aromatic heterocycles. The lowest BCUT2D eigenvalue weighted by Gasteiger charge is -2.29. The molecular formula is C24H23F3N6O4S. The van der Waals surface area contributed by atoms with E-state index in [1.165, 1.54) is 36.7 Å². The molecule has 2 aromatic rings. The van der Waals surface area contributed by atoms with Crippen LogP contribution in [0.15, 0.2) is 41.6 Å². The van der Waals surface area contributed by atoms with Crippen LogP contribution in [0.25, 0.3) is 11.1 Å². The second kappa shape index (κ2) is 8.65. The number of nitriles is 1. The minimum absolute atomic E-state index is 0.0766. The zero-order chi connectivity index (χ0) is 27.5. The quantitative estimate of drug-likeness (QED) is 0.554. The van der Waals surface area contributed by atoms with Gasteiger partial charge in [-0.2, -0.15) is 18.4 Å². The third-order valence-electron chi connectivity index (χ3n) is 7.48. The molecule has 3 N–H and O–H groups in total. The summed E-state index contributed by atoms with van der Waals surface area (Å²) < 4.78 is 68.2. The molecule has 2 saturated carbocycles. The number of rotatable bonds is 6. The molecule has 3 aliphatic rings. The highest BCUT2D eigenvalue weighted by Gasteiger charge is 2.70. The number of anilines is 1. The van der Waals surface area contributed by atoms with Crippen molar-refractivity contribution in [3.8, 4) is 17.2 Å². The molecule has 10 nitrogen and oxygen atoms in total. The van der Waals surface area contributed by atoms with E-state index in [1.807, 2.05) is 6.07 Å². The standard InChI is InChI=1S/C24H23F3N6O4S/c25-24(26,27)23(7-8-23)20(35)33-12-17(9-18(33)19(34)32-22(13-28)5-6-22)38(36,37)16-3-1-14(2-4-16)15-10-30-21(29)31-11-15/h1-4,10-11,17-18H,5-9,12H2,(H,32,34)(H2,29,30,31)/t17-,18+/m1/s1. The Morgan fingerprint density at radius 2 is 1.68 bits per heavy atom. The van der Waals surface area contributed by atoms with Crippen LogP contribution in [0.3, 0.4) is 0 Å². The number of hydrogen-bond donors (Lipinski definition) is 2. The number of nitrogen functional groups attached to an aromatic ring is 1. The maximum absolute atomic E-state index is 13.7. The third-order valence-corrected chi connectivity index (χ3v) is 9.63. The number of halogens is 3. The van der Waals surface area contributed by atoms with Crippen molar-refractivity contribution in [1.82, 2.24) is 20.2 Å². The van der Waals surface area contributed by atoms with E-state index in [0.29, 0.717) is 24.0 Å². The van der Waals surface area contributed by atoms with Gasteiger partial charge in [0.25, 0.3) is 0 Å². The van der Waals surface area contributed by atoms with Gasteiger partial charge in [0.2, 0.25) is 17.8 Å². The van der Waals surface area contributed by atoms with E-state index in [9.17, 15) is 36.4 Å². The summed E-state index contributed by atoms with van der Waals surface area (Å²) in [5.74, 6) is -2.05. The van der Waals surface area contributed by atoms with Crippen LogP contribution in [-0.2, 0) is 19.4 Å². The van der Waals surface area contributed by atoms with Crippen LogP contribution in [0.4, 0.5) is 19.1 Å². The molecule has 200 valence electrons. The highest BCUT2D eigenvalue weighted by Crippen LogP contribution is 2.59. The Bertz CT molecular complexity index is 1430. The highest BCUT2D eigenvalue weighted by atomic mass is 32.2. The Hall–Kier alpha value is -3.73. The number of amides is 2. The molecule has 2 aliphatic carbocycles. The van der Waals surface area contributed by atoms with Gasteiger partial charge in [-0.05, 0) is 49.8 Å². The van der Waals surface area contributed by atoms with Crippen molar-refractivity contribution < 1.29 is 31.2 Å². The van der Waals surface area contributed by atoms with E-state index in [1.54, 1.807) is 0 Å². The Kier molecular flexibility index (Phi) is 5.90. The number of aromatic nitrogens is 2. The molecule has 0 spiro atoms. The zero-order valence-electron chi connectivity index (χ0n) is 19.9. The van der Waals surface area contributed by atoms with Crippen molar-refractivity contribution >= 4 is 27.6 Å². The van der Waals surface area contributed by atoms with Gasteiger partial charge in [0.1, 0.15) is 17.0 Å². The number of benzene rings is 1.